The minimum absolute atomic E-state index is 0.0298. The molecule has 0 bridgehead atoms. The lowest BCUT2D eigenvalue weighted by Gasteiger charge is -2.12. The van der Waals surface area contributed by atoms with E-state index in [1.165, 1.54) is 0 Å². The number of hydrogen-bond acceptors (Lipinski definition) is 3. The Morgan fingerprint density at radius 2 is 1.71 bits per heavy atom. The second-order valence-electron chi connectivity index (χ2n) is 4.14. The Morgan fingerprint density at radius 3 is 2.33 bits per heavy atom. The minimum atomic E-state index is -4.17. The third kappa shape index (κ3) is 3.49. The van der Waals surface area contributed by atoms with Crippen LogP contribution in [-0.2, 0) is 16.6 Å². The summed E-state index contributed by atoms with van der Waals surface area (Å²) in [5.74, 6) is -1.39. The Kier molecular flexibility index (Phi) is 4.46. The maximum absolute atomic E-state index is 13.2. The van der Waals surface area contributed by atoms with Gasteiger partial charge in [0.05, 0.1) is 22.2 Å². The van der Waals surface area contributed by atoms with Crippen molar-refractivity contribution in [2.45, 2.75) is 11.5 Å². The summed E-state index contributed by atoms with van der Waals surface area (Å²) >= 11 is 5.74. The molecule has 0 aromatic heterocycles. The van der Waals surface area contributed by atoms with Crippen LogP contribution in [0, 0.1) is 11.6 Å². The number of benzene rings is 2. The molecule has 0 fully saturated rings. The van der Waals surface area contributed by atoms with Crippen LogP contribution >= 0.6 is 11.6 Å². The Morgan fingerprint density at radius 1 is 1.10 bits per heavy atom. The van der Waals surface area contributed by atoms with Gasteiger partial charge in [0.1, 0.15) is 11.6 Å². The number of anilines is 1. The molecule has 0 saturated carbocycles. The largest absolute Gasteiger partial charge is 0.392 e. The van der Waals surface area contributed by atoms with Crippen molar-refractivity contribution in [1.82, 2.24) is 0 Å². The molecule has 0 saturated heterocycles. The van der Waals surface area contributed by atoms with Gasteiger partial charge < -0.3 is 5.11 Å². The maximum atomic E-state index is 13.2. The summed E-state index contributed by atoms with van der Waals surface area (Å²) in [7, 11) is -4.17. The molecule has 0 heterocycles. The molecule has 0 atom stereocenters. The van der Waals surface area contributed by atoms with E-state index in [2.05, 4.69) is 4.72 Å². The summed E-state index contributed by atoms with van der Waals surface area (Å²) in [6.45, 7) is -0.576. The fraction of sp³-hybridized carbons (Fsp3) is 0.0769. The molecule has 0 unspecified atom stereocenters. The number of aliphatic hydroxyl groups is 1. The molecule has 2 aromatic carbocycles. The first kappa shape index (κ1) is 15.7. The average molecular weight is 334 g/mol. The first-order valence-corrected chi connectivity index (χ1v) is 7.57. The van der Waals surface area contributed by atoms with Gasteiger partial charge in [-0.3, -0.25) is 4.72 Å². The first-order valence-electron chi connectivity index (χ1n) is 5.70. The van der Waals surface area contributed by atoms with Crippen molar-refractivity contribution in [1.29, 1.82) is 0 Å². The van der Waals surface area contributed by atoms with Crippen LogP contribution in [0.15, 0.2) is 41.3 Å². The zero-order valence-corrected chi connectivity index (χ0v) is 12.0. The lowest BCUT2D eigenvalue weighted by atomic mass is 10.2. The molecular weight excluding hydrogens is 324 g/mol. The van der Waals surface area contributed by atoms with Crippen molar-refractivity contribution in [3.63, 3.8) is 0 Å². The summed E-state index contributed by atoms with van der Waals surface area (Å²) in [5, 5.41) is 9.00. The third-order valence-electron chi connectivity index (χ3n) is 2.66. The first-order chi connectivity index (χ1) is 9.83. The van der Waals surface area contributed by atoms with Crippen molar-refractivity contribution in [2.24, 2.45) is 0 Å². The smallest absolute Gasteiger partial charge is 0.262 e. The Bertz CT molecular complexity index is 781. The zero-order chi connectivity index (χ0) is 15.6. The molecular formula is C13H10ClF2NO3S. The van der Waals surface area contributed by atoms with Gasteiger partial charge in [0, 0.05) is 0 Å². The number of sulfonamides is 1. The molecule has 21 heavy (non-hydrogen) atoms. The van der Waals surface area contributed by atoms with Crippen molar-refractivity contribution >= 4 is 27.3 Å². The average Bonchev–Trinajstić information content (AvgIpc) is 2.42. The van der Waals surface area contributed by atoms with Crippen molar-refractivity contribution in [3.05, 3.63) is 58.6 Å². The number of aliphatic hydroxyl groups excluding tert-OH is 1. The monoisotopic (exact) mass is 333 g/mol. The Hall–Kier alpha value is -1.70. The van der Waals surface area contributed by atoms with Gasteiger partial charge in [-0.1, -0.05) is 17.7 Å². The van der Waals surface area contributed by atoms with Gasteiger partial charge in [0.2, 0.25) is 0 Å². The molecule has 8 heteroatoms. The molecule has 0 spiro atoms. The van der Waals surface area contributed by atoms with Gasteiger partial charge in [-0.25, -0.2) is 17.2 Å². The molecule has 0 aliphatic heterocycles. The SMILES string of the molecule is O=S(=O)(Nc1ccc(F)cc1Cl)c1cc(F)ccc1CO. The van der Waals surface area contributed by atoms with Crippen LogP contribution in [0.2, 0.25) is 5.02 Å². The highest BCUT2D eigenvalue weighted by Crippen LogP contribution is 2.26. The van der Waals surface area contributed by atoms with Crippen LogP contribution in [0.1, 0.15) is 5.56 Å². The lowest BCUT2D eigenvalue weighted by molar-refractivity contribution is 0.278. The summed E-state index contributed by atoms with van der Waals surface area (Å²) < 4.78 is 52.8. The van der Waals surface area contributed by atoms with E-state index in [1.54, 1.807) is 0 Å². The van der Waals surface area contributed by atoms with E-state index in [0.717, 1.165) is 36.4 Å². The predicted octanol–water partition coefficient (Wildman–Crippen LogP) is 2.91. The molecule has 2 N–H and O–H groups in total. The number of nitrogens with one attached hydrogen (secondary N) is 1. The predicted molar refractivity (Wildman–Crippen MR) is 74.5 cm³/mol. The Labute approximate surface area is 125 Å². The van der Waals surface area contributed by atoms with Crippen LogP contribution in [0.25, 0.3) is 0 Å². The topological polar surface area (TPSA) is 66.4 Å². The van der Waals surface area contributed by atoms with E-state index >= 15 is 0 Å². The van der Waals surface area contributed by atoms with Gasteiger partial charge in [0.25, 0.3) is 10.0 Å². The van der Waals surface area contributed by atoms with Crippen molar-refractivity contribution in [3.8, 4) is 0 Å². The normalized spacial score (nSPS) is 11.4. The quantitative estimate of drug-likeness (QED) is 0.904. The van der Waals surface area contributed by atoms with E-state index < -0.39 is 33.2 Å². The van der Waals surface area contributed by atoms with Crippen LogP contribution < -0.4 is 4.72 Å². The highest BCUT2D eigenvalue weighted by molar-refractivity contribution is 7.92. The van der Waals surface area contributed by atoms with Crippen LogP contribution in [0.3, 0.4) is 0 Å². The lowest BCUT2D eigenvalue weighted by Crippen LogP contribution is -2.15. The van der Waals surface area contributed by atoms with Crippen molar-refractivity contribution < 1.29 is 22.3 Å². The Balaban J connectivity index is 2.45. The highest BCUT2D eigenvalue weighted by atomic mass is 35.5. The van der Waals surface area contributed by atoms with E-state index in [0.29, 0.717) is 0 Å². The van der Waals surface area contributed by atoms with Gasteiger partial charge >= 0.3 is 0 Å². The van der Waals surface area contributed by atoms with Crippen molar-refractivity contribution in [2.75, 3.05) is 4.72 Å². The molecule has 0 aliphatic rings. The molecule has 2 aromatic rings. The van der Waals surface area contributed by atoms with Gasteiger partial charge in [-0.15, -0.1) is 0 Å². The minimum Gasteiger partial charge on any atom is -0.392 e. The number of hydrogen-bond donors (Lipinski definition) is 2. The van der Waals surface area contributed by atoms with E-state index in [-0.39, 0.29) is 16.3 Å². The fourth-order valence-corrected chi connectivity index (χ4v) is 3.27. The van der Waals surface area contributed by atoms with Gasteiger partial charge in [-0.2, -0.15) is 0 Å². The number of halogens is 3. The summed E-state index contributed by atoms with van der Waals surface area (Å²) in [5.41, 5.74) is -0.0200. The van der Waals surface area contributed by atoms with Gasteiger partial charge in [0.15, 0.2) is 0 Å². The number of rotatable bonds is 4. The molecule has 0 aliphatic carbocycles. The third-order valence-corrected chi connectivity index (χ3v) is 4.42. The molecule has 0 radical (unpaired) electrons. The van der Waals surface area contributed by atoms with E-state index in [4.69, 9.17) is 16.7 Å². The maximum Gasteiger partial charge on any atom is 0.262 e. The second-order valence-corrected chi connectivity index (χ2v) is 6.20. The molecule has 112 valence electrons. The summed E-state index contributed by atoms with van der Waals surface area (Å²) in [6.07, 6.45) is 0. The van der Waals surface area contributed by atoms with E-state index in [1.807, 2.05) is 0 Å². The second kappa shape index (κ2) is 5.97. The van der Waals surface area contributed by atoms with Gasteiger partial charge in [-0.05, 0) is 35.9 Å². The van der Waals surface area contributed by atoms with E-state index in [9.17, 15) is 17.2 Å². The zero-order valence-electron chi connectivity index (χ0n) is 10.5. The summed E-state index contributed by atoms with van der Waals surface area (Å²) in [6, 6.07) is 6.10. The molecule has 4 nitrogen and oxygen atoms in total. The fourth-order valence-electron chi connectivity index (χ4n) is 1.68. The van der Waals surface area contributed by atoms with Crippen LogP contribution in [-0.4, -0.2) is 13.5 Å². The summed E-state index contributed by atoms with van der Waals surface area (Å²) in [4.78, 5) is -0.412. The highest BCUT2D eigenvalue weighted by Gasteiger charge is 2.20. The standard InChI is InChI=1S/C13H10ClF2NO3S/c14-11-5-9(15)3-4-12(11)17-21(19,20)13-6-10(16)2-1-8(13)7-18/h1-6,17-18H,7H2. The van der Waals surface area contributed by atoms with Crippen LogP contribution in [0.4, 0.5) is 14.5 Å². The van der Waals surface area contributed by atoms with Crippen LogP contribution in [0.5, 0.6) is 0 Å². The molecule has 0 amide bonds. The molecule has 2 rings (SSSR count).